The van der Waals surface area contributed by atoms with Crippen LogP contribution in [-0.4, -0.2) is 11.0 Å². The van der Waals surface area contributed by atoms with Crippen molar-refractivity contribution in [3.63, 3.8) is 0 Å². The number of carbonyl (C=O) groups excluding carboxylic acids is 1. The summed E-state index contributed by atoms with van der Waals surface area (Å²) in [5.74, 6) is 0.731. The van der Waals surface area contributed by atoms with Crippen LogP contribution >= 0.6 is 0 Å². The first kappa shape index (κ1) is 12.9. The molecule has 1 aliphatic carbocycles. The van der Waals surface area contributed by atoms with E-state index < -0.39 is 0 Å². The molecule has 2 rings (SSSR count). The summed E-state index contributed by atoms with van der Waals surface area (Å²) in [6.45, 7) is 8.38. The molecule has 3 heteroatoms. The molecule has 0 heterocycles. The lowest BCUT2D eigenvalue weighted by atomic mass is 9.87. The Bertz CT molecular complexity index is 474. The van der Waals surface area contributed by atoms with E-state index >= 15 is 0 Å². The molecule has 1 aliphatic rings. The molecular weight excluding hydrogens is 226 g/mol. The van der Waals surface area contributed by atoms with Gasteiger partial charge in [0.2, 0.25) is 5.91 Å². The minimum absolute atomic E-state index is 0.0000496. The van der Waals surface area contributed by atoms with E-state index in [2.05, 4.69) is 33.0 Å². The largest absolute Gasteiger partial charge is 0.506 e. The van der Waals surface area contributed by atoms with Crippen LogP contribution in [0.3, 0.4) is 0 Å². The lowest BCUT2D eigenvalue weighted by Crippen LogP contribution is -2.16. The molecule has 0 spiro atoms. The van der Waals surface area contributed by atoms with E-state index in [0.29, 0.717) is 11.6 Å². The maximum absolute atomic E-state index is 11.9. The molecule has 0 aliphatic heterocycles. The summed E-state index contributed by atoms with van der Waals surface area (Å²) in [4.78, 5) is 11.9. The van der Waals surface area contributed by atoms with Crippen molar-refractivity contribution in [1.82, 2.24) is 0 Å². The van der Waals surface area contributed by atoms with E-state index in [-0.39, 0.29) is 23.0 Å². The number of phenols is 1. The SMILES string of the molecule is C[C@H]1C[C@H]1C(=O)Nc1cc(C(C)(C)C)ccc1O. The Labute approximate surface area is 108 Å². The van der Waals surface area contributed by atoms with Gasteiger partial charge in [-0.05, 0) is 35.4 Å². The van der Waals surface area contributed by atoms with E-state index in [4.69, 9.17) is 0 Å². The number of amides is 1. The van der Waals surface area contributed by atoms with Crippen molar-refractivity contribution in [2.45, 2.75) is 39.5 Å². The van der Waals surface area contributed by atoms with E-state index in [9.17, 15) is 9.90 Å². The minimum atomic E-state index is 0.0000496. The lowest BCUT2D eigenvalue weighted by molar-refractivity contribution is -0.117. The molecule has 0 bridgehead atoms. The molecule has 1 aromatic carbocycles. The number of benzene rings is 1. The van der Waals surface area contributed by atoms with E-state index in [1.165, 1.54) is 0 Å². The molecule has 0 radical (unpaired) electrons. The van der Waals surface area contributed by atoms with Crippen molar-refractivity contribution in [1.29, 1.82) is 0 Å². The van der Waals surface area contributed by atoms with Crippen molar-refractivity contribution in [3.8, 4) is 5.75 Å². The van der Waals surface area contributed by atoms with Crippen LogP contribution in [0.2, 0.25) is 0 Å². The normalized spacial score (nSPS) is 22.7. The van der Waals surface area contributed by atoms with Crippen LogP contribution in [-0.2, 0) is 10.2 Å². The van der Waals surface area contributed by atoms with E-state index in [0.717, 1.165) is 12.0 Å². The highest BCUT2D eigenvalue weighted by molar-refractivity contribution is 5.95. The molecule has 1 aromatic rings. The summed E-state index contributed by atoms with van der Waals surface area (Å²) >= 11 is 0. The zero-order valence-electron chi connectivity index (χ0n) is 11.4. The van der Waals surface area contributed by atoms with Gasteiger partial charge in [-0.2, -0.15) is 0 Å². The molecule has 1 fully saturated rings. The number of aromatic hydroxyl groups is 1. The second-order valence-corrected chi connectivity index (χ2v) is 6.29. The van der Waals surface area contributed by atoms with Crippen molar-refractivity contribution in [2.24, 2.45) is 11.8 Å². The highest BCUT2D eigenvalue weighted by atomic mass is 16.3. The fourth-order valence-electron chi connectivity index (χ4n) is 2.02. The maximum Gasteiger partial charge on any atom is 0.227 e. The topological polar surface area (TPSA) is 49.3 Å². The molecule has 0 saturated heterocycles. The van der Waals surface area contributed by atoms with Crippen LogP contribution in [0.25, 0.3) is 0 Å². The van der Waals surface area contributed by atoms with E-state index in [1.807, 2.05) is 12.1 Å². The Morgan fingerprint density at radius 2 is 2.00 bits per heavy atom. The number of phenolic OH excluding ortho intramolecular Hbond substituents is 1. The van der Waals surface area contributed by atoms with Gasteiger partial charge in [-0.3, -0.25) is 4.79 Å². The Morgan fingerprint density at radius 3 is 2.50 bits per heavy atom. The summed E-state index contributed by atoms with van der Waals surface area (Å²) in [6.07, 6.45) is 0.950. The first-order valence-corrected chi connectivity index (χ1v) is 6.43. The van der Waals surface area contributed by atoms with Crippen molar-refractivity contribution in [3.05, 3.63) is 23.8 Å². The predicted octanol–water partition coefficient (Wildman–Crippen LogP) is 3.28. The van der Waals surface area contributed by atoms with Gasteiger partial charge in [0.15, 0.2) is 0 Å². The van der Waals surface area contributed by atoms with Crippen molar-refractivity contribution >= 4 is 11.6 Å². The number of anilines is 1. The Balaban J connectivity index is 2.19. The molecule has 2 N–H and O–H groups in total. The first-order chi connectivity index (χ1) is 8.29. The summed E-state index contributed by atoms with van der Waals surface area (Å²) in [5.41, 5.74) is 1.62. The van der Waals surface area contributed by atoms with Crippen LogP contribution in [0.1, 0.15) is 39.7 Å². The molecule has 3 nitrogen and oxygen atoms in total. The van der Waals surface area contributed by atoms with Gasteiger partial charge in [0.1, 0.15) is 5.75 Å². The van der Waals surface area contributed by atoms with Gasteiger partial charge in [-0.25, -0.2) is 0 Å². The highest BCUT2D eigenvalue weighted by Crippen LogP contribution is 2.39. The zero-order valence-corrected chi connectivity index (χ0v) is 11.4. The predicted molar refractivity (Wildman–Crippen MR) is 72.7 cm³/mol. The summed E-state index contributed by atoms with van der Waals surface area (Å²) in [5, 5.41) is 12.6. The quantitative estimate of drug-likeness (QED) is 0.788. The van der Waals surface area contributed by atoms with Crippen LogP contribution in [0, 0.1) is 11.8 Å². The molecule has 18 heavy (non-hydrogen) atoms. The van der Waals surface area contributed by atoms with Gasteiger partial charge in [-0.1, -0.05) is 33.8 Å². The minimum Gasteiger partial charge on any atom is -0.506 e. The molecule has 1 saturated carbocycles. The second kappa shape index (κ2) is 4.30. The maximum atomic E-state index is 11.9. The molecule has 98 valence electrons. The third-order valence-corrected chi connectivity index (χ3v) is 3.57. The Kier molecular flexibility index (Phi) is 3.09. The molecule has 2 atom stereocenters. The van der Waals surface area contributed by atoms with Gasteiger partial charge in [0.25, 0.3) is 0 Å². The molecular formula is C15H21NO2. The number of rotatable bonds is 2. The zero-order chi connectivity index (χ0) is 13.5. The first-order valence-electron chi connectivity index (χ1n) is 6.43. The third-order valence-electron chi connectivity index (χ3n) is 3.57. The fraction of sp³-hybridized carbons (Fsp3) is 0.533. The molecule has 1 amide bonds. The molecule has 0 aromatic heterocycles. The summed E-state index contributed by atoms with van der Waals surface area (Å²) < 4.78 is 0. The average molecular weight is 247 g/mol. The summed E-state index contributed by atoms with van der Waals surface area (Å²) in [7, 11) is 0. The van der Waals surface area contributed by atoms with Crippen LogP contribution in [0.4, 0.5) is 5.69 Å². The Hall–Kier alpha value is -1.51. The Morgan fingerprint density at radius 1 is 1.39 bits per heavy atom. The molecule has 0 unspecified atom stereocenters. The van der Waals surface area contributed by atoms with Gasteiger partial charge < -0.3 is 10.4 Å². The summed E-state index contributed by atoms with van der Waals surface area (Å²) in [6, 6.07) is 5.40. The number of carbonyl (C=O) groups is 1. The smallest absolute Gasteiger partial charge is 0.227 e. The van der Waals surface area contributed by atoms with Crippen molar-refractivity contribution in [2.75, 3.05) is 5.32 Å². The van der Waals surface area contributed by atoms with E-state index in [1.54, 1.807) is 6.07 Å². The van der Waals surface area contributed by atoms with Gasteiger partial charge in [0.05, 0.1) is 5.69 Å². The number of hydrogen-bond donors (Lipinski definition) is 2. The number of hydrogen-bond acceptors (Lipinski definition) is 2. The third kappa shape index (κ3) is 2.66. The average Bonchev–Trinajstić information content (AvgIpc) is 2.97. The standard InChI is InChI=1S/C15H21NO2/c1-9-7-11(9)14(18)16-12-8-10(15(2,3)4)5-6-13(12)17/h5-6,8-9,11,17H,7H2,1-4H3,(H,16,18)/t9-,11+/m0/s1. The van der Waals surface area contributed by atoms with Gasteiger partial charge in [-0.15, -0.1) is 0 Å². The second-order valence-electron chi connectivity index (χ2n) is 6.29. The number of nitrogens with one attached hydrogen (secondary N) is 1. The monoisotopic (exact) mass is 247 g/mol. The van der Waals surface area contributed by atoms with Gasteiger partial charge in [0, 0.05) is 5.92 Å². The fourth-order valence-corrected chi connectivity index (χ4v) is 2.02. The van der Waals surface area contributed by atoms with Crippen LogP contribution in [0.15, 0.2) is 18.2 Å². The lowest BCUT2D eigenvalue weighted by Gasteiger charge is -2.20. The van der Waals surface area contributed by atoms with Gasteiger partial charge >= 0.3 is 0 Å². The van der Waals surface area contributed by atoms with Crippen molar-refractivity contribution < 1.29 is 9.90 Å². The highest BCUT2D eigenvalue weighted by Gasteiger charge is 2.39. The van der Waals surface area contributed by atoms with Crippen LogP contribution in [0.5, 0.6) is 5.75 Å². The van der Waals surface area contributed by atoms with Crippen LogP contribution < -0.4 is 5.32 Å².